The summed E-state index contributed by atoms with van der Waals surface area (Å²) < 4.78 is 1.62. The lowest BCUT2D eigenvalue weighted by Gasteiger charge is -2.17. The highest BCUT2D eigenvalue weighted by atomic mass is 35.5. The molecule has 10 heteroatoms. The molecular formula is C17H18ClN5O4. The Morgan fingerprint density at radius 2 is 2.11 bits per heavy atom. The fourth-order valence-corrected chi connectivity index (χ4v) is 3.68. The summed E-state index contributed by atoms with van der Waals surface area (Å²) in [5, 5.41) is 18.1. The average molecular weight is 392 g/mol. The van der Waals surface area contributed by atoms with Crippen molar-refractivity contribution in [3.8, 4) is 0 Å². The molecule has 1 fully saturated rings. The molecule has 1 aromatic carbocycles. The topological polar surface area (TPSA) is 110 Å². The maximum atomic E-state index is 13.0. The Kier molecular flexibility index (Phi) is 5.13. The van der Waals surface area contributed by atoms with Gasteiger partial charge >= 0.3 is 0 Å². The lowest BCUT2D eigenvalue weighted by molar-refractivity contribution is -0.385. The van der Waals surface area contributed by atoms with Crippen LogP contribution in [0.5, 0.6) is 0 Å². The number of amides is 2. The van der Waals surface area contributed by atoms with Gasteiger partial charge in [0.1, 0.15) is 5.56 Å². The quantitative estimate of drug-likeness (QED) is 0.628. The van der Waals surface area contributed by atoms with E-state index in [1.54, 1.807) is 24.1 Å². The van der Waals surface area contributed by atoms with Gasteiger partial charge in [-0.15, -0.1) is 0 Å². The number of nitro benzene ring substituents is 1. The van der Waals surface area contributed by atoms with Crippen LogP contribution in [0.3, 0.4) is 0 Å². The minimum atomic E-state index is -0.635. The SMILES string of the molecule is CNC(=O)[C@H]1CN(C(=O)c2c(Cl)cccc2[N+](=O)[O-])C[C@@H]1c1cnn(C)c1. The fraction of sp³-hybridized carbons (Fsp3) is 0.353. The molecule has 0 spiro atoms. The van der Waals surface area contributed by atoms with E-state index in [1.807, 2.05) is 0 Å². The molecule has 0 aliphatic carbocycles. The van der Waals surface area contributed by atoms with Gasteiger partial charge in [-0.25, -0.2) is 0 Å². The number of halogens is 1. The fourth-order valence-electron chi connectivity index (χ4n) is 3.42. The molecule has 142 valence electrons. The standard InChI is InChI=1S/C17H18ClN5O4/c1-19-16(24)12-9-22(8-11(12)10-6-20-21(2)7-10)17(25)15-13(18)4-3-5-14(15)23(26)27/h3-7,11-12H,8-9H2,1-2H3,(H,19,24)/t11-,12+/m1/s1. The highest BCUT2D eigenvalue weighted by molar-refractivity contribution is 6.34. The van der Waals surface area contributed by atoms with E-state index in [4.69, 9.17) is 11.6 Å². The van der Waals surface area contributed by atoms with Crippen LogP contribution >= 0.6 is 11.6 Å². The first kappa shape index (κ1) is 18.8. The van der Waals surface area contributed by atoms with Crippen molar-refractivity contribution < 1.29 is 14.5 Å². The van der Waals surface area contributed by atoms with Gasteiger partial charge in [0.2, 0.25) is 5.91 Å². The predicted molar refractivity (Wildman–Crippen MR) is 97.5 cm³/mol. The second kappa shape index (κ2) is 7.36. The molecule has 27 heavy (non-hydrogen) atoms. The van der Waals surface area contributed by atoms with Crippen LogP contribution in [0.25, 0.3) is 0 Å². The summed E-state index contributed by atoms with van der Waals surface area (Å²) in [6.07, 6.45) is 3.46. The van der Waals surface area contributed by atoms with Gasteiger partial charge in [-0.2, -0.15) is 5.10 Å². The molecule has 1 aliphatic heterocycles. The van der Waals surface area contributed by atoms with Gasteiger partial charge in [-0.1, -0.05) is 17.7 Å². The average Bonchev–Trinajstić information content (AvgIpc) is 3.26. The first-order valence-electron chi connectivity index (χ1n) is 8.25. The molecule has 0 unspecified atom stereocenters. The van der Waals surface area contributed by atoms with Gasteiger partial charge < -0.3 is 10.2 Å². The number of benzene rings is 1. The molecule has 2 heterocycles. The smallest absolute Gasteiger partial charge is 0.283 e. The second-order valence-electron chi connectivity index (χ2n) is 6.38. The Morgan fingerprint density at radius 3 is 2.70 bits per heavy atom. The maximum absolute atomic E-state index is 13.0. The molecular weight excluding hydrogens is 374 g/mol. The lowest BCUT2D eigenvalue weighted by atomic mass is 9.90. The number of nitrogens with zero attached hydrogens (tertiary/aromatic N) is 4. The van der Waals surface area contributed by atoms with E-state index in [9.17, 15) is 19.7 Å². The molecule has 0 radical (unpaired) electrons. The summed E-state index contributed by atoms with van der Waals surface area (Å²) in [4.78, 5) is 37.5. The summed E-state index contributed by atoms with van der Waals surface area (Å²) in [5.74, 6) is -1.51. The molecule has 1 aromatic heterocycles. The van der Waals surface area contributed by atoms with E-state index in [0.29, 0.717) is 0 Å². The van der Waals surface area contributed by atoms with Gasteiger partial charge in [-0.3, -0.25) is 24.4 Å². The number of likely N-dealkylation sites (tertiary alicyclic amines) is 1. The molecule has 0 bridgehead atoms. The molecule has 2 atom stereocenters. The van der Waals surface area contributed by atoms with Crippen LogP contribution in [0.1, 0.15) is 21.8 Å². The normalized spacial score (nSPS) is 19.1. The number of hydrogen-bond acceptors (Lipinski definition) is 5. The number of aryl methyl sites for hydroxylation is 1. The van der Waals surface area contributed by atoms with Crippen LogP contribution < -0.4 is 5.32 Å². The Balaban J connectivity index is 1.95. The monoisotopic (exact) mass is 391 g/mol. The van der Waals surface area contributed by atoms with Crippen LogP contribution in [-0.4, -0.2) is 51.6 Å². The van der Waals surface area contributed by atoms with E-state index in [-0.39, 0.29) is 41.2 Å². The van der Waals surface area contributed by atoms with Crippen LogP contribution in [0.15, 0.2) is 30.6 Å². The summed E-state index contributed by atoms with van der Waals surface area (Å²) >= 11 is 6.09. The van der Waals surface area contributed by atoms with Crippen molar-refractivity contribution in [1.82, 2.24) is 20.0 Å². The summed E-state index contributed by atoms with van der Waals surface area (Å²) in [6.45, 7) is 0.380. The number of rotatable bonds is 4. The Labute approximate surface area is 160 Å². The zero-order chi connectivity index (χ0) is 19.7. The van der Waals surface area contributed by atoms with Crippen LogP contribution in [0.2, 0.25) is 5.02 Å². The lowest BCUT2D eigenvalue weighted by Crippen LogP contribution is -2.34. The Hall–Kier alpha value is -2.94. The van der Waals surface area contributed by atoms with E-state index in [1.165, 1.54) is 30.1 Å². The van der Waals surface area contributed by atoms with Crippen molar-refractivity contribution >= 4 is 29.1 Å². The van der Waals surface area contributed by atoms with E-state index < -0.39 is 16.7 Å². The molecule has 1 N–H and O–H groups in total. The molecule has 2 aromatic rings. The Morgan fingerprint density at radius 1 is 1.37 bits per heavy atom. The maximum Gasteiger partial charge on any atom is 0.283 e. The van der Waals surface area contributed by atoms with Crippen LogP contribution in [0, 0.1) is 16.0 Å². The predicted octanol–water partition coefficient (Wildman–Crippen LogP) is 1.58. The van der Waals surface area contributed by atoms with Gasteiger partial charge in [0, 0.05) is 45.4 Å². The number of carbonyl (C=O) groups is 2. The molecule has 3 rings (SSSR count). The van der Waals surface area contributed by atoms with Crippen molar-refractivity contribution in [3.05, 3.63) is 56.9 Å². The summed E-state index contributed by atoms with van der Waals surface area (Å²) in [5.41, 5.74) is 0.315. The first-order chi connectivity index (χ1) is 12.8. The summed E-state index contributed by atoms with van der Waals surface area (Å²) in [6, 6.07) is 4.10. The highest BCUT2D eigenvalue weighted by Crippen LogP contribution is 2.35. The number of carbonyl (C=O) groups excluding carboxylic acids is 2. The Bertz CT molecular complexity index is 912. The van der Waals surface area contributed by atoms with Gasteiger partial charge in [0.05, 0.1) is 22.1 Å². The van der Waals surface area contributed by atoms with Gasteiger partial charge in [-0.05, 0) is 11.6 Å². The van der Waals surface area contributed by atoms with Crippen molar-refractivity contribution in [2.45, 2.75) is 5.92 Å². The first-order valence-corrected chi connectivity index (χ1v) is 8.63. The number of aromatic nitrogens is 2. The molecule has 9 nitrogen and oxygen atoms in total. The minimum Gasteiger partial charge on any atom is -0.359 e. The molecule has 1 saturated heterocycles. The zero-order valence-corrected chi connectivity index (χ0v) is 15.5. The second-order valence-corrected chi connectivity index (χ2v) is 6.78. The number of nitro groups is 1. The van der Waals surface area contributed by atoms with Crippen LogP contribution in [-0.2, 0) is 11.8 Å². The van der Waals surface area contributed by atoms with Crippen LogP contribution in [0.4, 0.5) is 5.69 Å². The van der Waals surface area contributed by atoms with Crippen molar-refractivity contribution in [1.29, 1.82) is 0 Å². The highest BCUT2D eigenvalue weighted by Gasteiger charge is 2.42. The van der Waals surface area contributed by atoms with Crippen molar-refractivity contribution in [2.75, 3.05) is 20.1 Å². The largest absolute Gasteiger partial charge is 0.359 e. The zero-order valence-electron chi connectivity index (χ0n) is 14.8. The van der Waals surface area contributed by atoms with E-state index >= 15 is 0 Å². The third-order valence-electron chi connectivity index (χ3n) is 4.75. The molecule has 0 saturated carbocycles. The molecule has 2 amide bonds. The minimum absolute atomic E-state index is 0.00974. The third kappa shape index (κ3) is 3.50. The van der Waals surface area contributed by atoms with E-state index in [0.717, 1.165) is 5.56 Å². The molecule has 1 aliphatic rings. The van der Waals surface area contributed by atoms with Gasteiger partial charge in [0.15, 0.2) is 0 Å². The van der Waals surface area contributed by atoms with Gasteiger partial charge in [0.25, 0.3) is 11.6 Å². The third-order valence-corrected chi connectivity index (χ3v) is 5.06. The van der Waals surface area contributed by atoms with E-state index in [2.05, 4.69) is 10.4 Å². The summed E-state index contributed by atoms with van der Waals surface area (Å²) in [7, 11) is 3.30. The van der Waals surface area contributed by atoms with Crippen molar-refractivity contribution in [2.24, 2.45) is 13.0 Å². The number of hydrogen-bond donors (Lipinski definition) is 1. The van der Waals surface area contributed by atoms with Crippen molar-refractivity contribution in [3.63, 3.8) is 0 Å². The number of nitrogens with one attached hydrogen (secondary N) is 1.